The Morgan fingerprint density at radius 3 is 2.45 bits per heavy atom. The van der Waals surface area contributed by atoms with E-state index in [0.29, 0.717) is 13.0 Å². The predicted molar refractivity (Wildman–Crippen MR) is 72.4 cm³/mol. The molecule has 2 N–H and O–H groups in total. The molecule has 6 heteroatoms. The molecule has 0 bridgehead atoms. The fraction of sp³-hybridized carbons (Fsp3) is 0.929. The Labute approximate surface area is 118 Å². The Bertz CT molecular complexity index is 289. The Morgan fingerprint density at radius 2 is 1.85 bits per heavy atom. The van der Waals surface area contributed by atoms with Gasteiger partial charge in [-0.15, -0.1) is 0 Å². The Balaban J connectivity index is 2.08. The van der Waals surface area contributed by atoms with Gasteiger partial charge in [0.15, 0.2) is 0 Å². The number of hydrogen-bond donors (Lipinski definition) is 2. The van der Waals surface area contributed by atoms with Crippen LogP contribution in [0.2, 0.25) is 0 Å². The summed E-state index contributed by atoms with van der Waals surface area (Å²) < 4.78 is 35.8. The van der Waals surface area contributed by atoms with Gasteiger partial charge in [-0.1, -0.05) is 19.3 Å². The molecule has 0 saturated heterocycles. The molecule has 20 heavy (non-hydrogen) atoms. The molecular formula is C14H25F3N2O. The third-order valence-electron chi connectivity index (χ3n) is 3.68. The van der Waals surface area contributed by atoms with Crippen LogP contribution in [0.4, 0.5) is 13.2 Å². The van der Waals surface area contributed by atoms with Gasteiger partial charge in [0.1, 0.15) is 0 Å². The van der Waals surface area contributed by atoms with Crippen molar-refractivity contribution in [3.63, 3.8) is 0 Å². The van der Waals surface area contributed by atoms with E-state index >= 15 is 0 Å². The highest BCUT2D eigenvalue weighted by atomic mass is 19.4. The first-order valence-electron chi connectivity index (χ1n) is 7.49. The molecule has 0 spiro atoms. The van der Waals surface area contributed by atoms with Gasteiger partial charge in [-0.05, 0) is 39.2 Å². The third kappa shape index (κ3) is 7.72. The number of carbonyl (C=O) groups excluding carboxylic acids is 1. The van der Waals surface area contributed by atoms with Crippen LogP contribution in [0.1, 0.15) is 58.3 Å². The maximum Gasteiger partial charge on any atom is 0.389 e. The molecule has 3 nitrogen and oxygen atoms in total. The minimum Gasteiger partial charge on any atom is -0.352 e. The van der Waals surface area contributed by atoms with Crippen LogP contribution in [0, 0.1) is 0 Å². The van der Waals surface area contributed by atoms with E-state index in [1.54, 1.807) is 6.92 Å². The molecule has 0 radical (unpaired) electrons. The number of rotatable bonds is 7. The maximum absolute atomic E-state index is 11.9. The van der Waals surface area contributed by atoms with E-state index in [-0.39, 0.29) is 24.4 Å². The summed E-state index contributed by atoms with van der Waals surface area (Å²) in [4.78, 5) is 11.9. The first-order chi connectivity index (χ1) is 9.38. The predicted octanol–water partition coefficient (Wildman–Crippen LogP) is 3.15. The topological polar surface area (TPSA) is 41.1 Å². The highest BCUT2D eigenvalue weighted by Crippen LogP contribution is 2.21. The van der Waals surface area contributed by atoms with Crippen molar-refractivity contribution in [3.05, 3.63) is 0 Å². The quantitative estimate of drug-likeness (QED) is 0.708. The van der Waals surface area contributed by atoms with Crippen molar-refractivity contribution in [2.75, 3.05) is 6.54 Å². The monoisotopic (exact) mass is 294 g/mol. The molecule has 0 aliphatic heterocycles. The van der Waals surface area contributed by atoms with Crippen LogP contribution in [0.25, 0.3) is 0 Å². The number of nitrogens with one attached hydrogen (secondary N) is 2. The van der Waals surface area contributed by atoms with E-state index in [9.17, 15) is 18.0 Å². The average molecular weight is 294 g/mol. The molecule has 1 rings (SSSR count). The highest BCUT2D eigenvalue weighted by molar-refractivity contribution is 5.81. The first kappa shape index (κ1) is 17.3. The van der Waals surface area contributed by atoms with Gasteiger partial charge in [0, 0.05) is 12.5 Å². The molecule has 0 aromatic heterocycles. The lowest BCUT2D eigenvalue weighted by Gasteiger charge is -2.24. The third-order valence-corrected chi connectivity index (χ3v) is 3.68. The SMILES string of the molecule is CC(NCCCCC(F)(F)F)C(=O)NC1CCCCC1. The molecule has 1 aliphatic rings. The van der Waals surface area contributed by atoms with Gasteiger partial charge in [-0.2, -0.15) is 13.2 Å². The first-order valence-corrected chi connectivity index (χ1v) is 7.49. The van der Waals surface area contributed by atoms with Crippen molar-refractivity contribution in [2.24, 2.45) is 0 Å². The van der Waals surface area contributed by atoms with E-state index in [0.717, 1.165) is 25.7 Å². The van der Waals surface area contributed by atoms with Crippen LogP contribution in [0.3, 0.4) is 0 Å². The second-order valence-corrected chi connectivity index (χ2v) is 5.59. The smallest absolute Gasteiger partial charge is 0.352 e. The average Bonchev–Trinajstić information content (AvgIpc) is 2.38. The normalized spacial score (nSPS) is 18.8. The molecule has 1 saturated carbocycles. The van der Waals surface area contributed by atoms with Crippen LogP contribution >= 0.6 is 0 Å². The standard InChI is InChI=1S/C14H25F3N2O/c1-11(18-10-6-5-9-14(15,16)17)13(20)19-12-7-3-2-4-8-12/h11-12,18H,2-10H2,1H3,(H,19,20). The second-order valence-electron chi connectivity index (χ2n) is 5.59. The molecule has 0 aromatic carbocycles. The number of halogens is 3. The molecular weight excluding hydrogens is 269 g/mol. The van der Waals surface area contributed by atoms with Crippen molar-refractivity contribution < 1.29 is 18.0 Å². The summed E-state index contributed by atoms with van der Waals surface area (Å²) >= 11 is 0. The zero-order valence-corrected chi connectivity index (χ0v) is 12.1. The lowest BCUT2D eigenvalue weighted by Crippen LogP contribution is -2.47. The molecule has 1 atom stereocenters. The molecule has 1 unspecified atom stereocenters. The van der Waals surface area contributed by atoms with Gasteiger partial charge in [-0.25, -0.2) is 0 Å². The summed E-state index contributed by atoms with van der Waals surface area (Å²) in [6.07, 6.45) is 1.32. The summed E-state index contributed by atoms with van der Waals surface area (Å²) in [6.45, 7) is 2.19. The zero-order valence-electron chi connectivity index (χ0n) is 12.1. The van der Waals surface area contributed by atoms with E-state index in [1.807, 2.05) is 0 Å². The van der Waals surface area contributed by atoms with Crippen LogP contribution in [0.5, 0.6) is 0 Å². The maximum atomic E-state index is 11.9. The Hall–Kier alpha value is -0.780. The molecule has 0 heterocycles. The highest BCUT2D eigenvalue weighted by Gasteiger charge is 2.26. The molecule has 1 fully saturated rings. The number of hydrogen-bond acceptors (Lipinski definition) is 2. The molecule has 1 amide bonds. The number of carbonyl (C=O) groups is 1. The summed E-state index contributed by atoms with van der Waals surface area (Å²) in [5, 5.41) is 5.98. The molecule has 118 valence electrons. The van der Waals surface area contributed by atoms with Gasteiger partial charge in [0.05, 0.1) is 6.04 Å². The number of alkyl halides is 3. The van der Waals surface area contributed by atoms with Crippen LogP contribution in [-0.2, 0) is 4.79 Å². The van der Waals surface area contributed by atoms with Crippen molar-refractivity contribution in [3.8, 4) is 0 Å². The van der Waals surface area contributed by atoms with Gasteiger partial charge < -0.3 is 10.6 Å². The largest absolute Gasteiger partial charge is 0.389 e. The number of unbranched alkanes of at least 4 members (excludes halogenated alkanes) is 1. The minimum absolute atomic E-state index is 0.0484. The van der Waals surface area contributed by atoms with E-state index in [4.69, 9.17) is 0 Å². The van der Waals surface area contributed by atoms with Crippen molar-refractivity contribution in [1.29, 1.82) is 0 Å². The van der Waals surface area contributed by atoms with Crippen LogP contribution < -0.4 is 10.6 Å². The minimum atomic E-state index is -4.08. The van der Waals surface area contributed by atoms with Crippen LogP contribution in [-0.4, -0.2) is 30.7 Å². The fourth-order valence-electron chi connectivity index (χ4n) is 2.43. The van der Waals surface area contributed by atoms with E-state index in [1.165, 1.54) is 6.42 Å². The summed E-state index contributed by atoms with van der Waals surface area (Å²) in [6, 6.07) is -0.0754. The summed E-state index contributed by atoms with van der Waals surface area (Å²) in [5.74, 6) is -0.0484. The number of amides is 1. The van der Waals surface area contributed by atoms with Crippen molar-refractivity contribution in [2.45, 2.75) is 76.6 Å². The Kier molecular flexibility index (Phi) is 7.34. The van der Waals surface area contributed by atoms with E-state index in [2.05, 4.69) is 10.6 Å². The van der Waals surface area contributed by atoms with Gasteiger partial charge >= 0.3 is 6.18 Å². The lowest BCUT2D eigenvalue weighted by atomic mass is 9.95. The molecule has 1 aliphatic carbocycles. The van der Waals surface area contributed by atoms with Crippen molar-refractivity contribution >= 4 is 5.91 Å². The lowest BCUT2D eigenvalue weighted by molar-refractivity contribution is -0.135. The molecule has 0 aromatic rings. The summed E-state index contributed by atoms with van der Waals surface area (Å²) in [7, 11) is 0. The summed E-state index contributed by atoms with van der Waals surface area (Å²) in [5.41, 5.74) is 0. The fourth-order valence-corrected chi connectivity index (χ4v) is 2.43. The van der Waals surface area contributed by atoms with Gasteiger partial charge in [0.25, 0.3) is 0 Å². The zero-order chi connectivity index (χ0) is 15.0. The Morgan fingerprint density at radius 1 is 1.20 bits per heavy atom. The van der Waals surface area contributed by atoms with E-state index < -0.39 is 12.6 Å². The van der Waals surface area contributed by atoms with Gasteiger partial charge in [0.2, 0.25) is 5.91 Å². The van der Waals surface area contributed by atoms with Crippen molar-refractivity contribution in [1.82, 2.24) is 10.6 Å². The van der Waals surface area contributed by atoms with Crippen LogP contribution in [0.15, 0.2) is 0 Å². The second kappa shape index (κ2) is 8.49. The van der Waals surface area contributed by atoms with Gasteiger partial charge in [-0.3, -0.25) is 4.79 Å².